The number of hydrogen-bond acceptors (Lipinski definition) is 2. The normalized spacial score (nSPS) is 16.8. The highest BCUT2D eigenvalue weighted by molar-refractivity contribution is 5.93. The van der Waals surface area contributed by atoms with Gasteiger partial charge in [0.15, 0.2) is 0 Å². The molecule has 0 saturated heterocycles. The predicted octanol–water partition coefficient (Wildman–Crippen LogP) is 3.25. The van der Waals surface area contributed by atoms with Crippen LogP contribution in [0.4, 0.5) is 0 Å². The second-order valence-corrected chi connectivity index (χ2v) is 6.31. The molecule has 0 spiro atoms. The molecule has 110 valence electrons. The van der Waals surface area contributed by atoms with Gasteiger partial charge in [-0.2, -0.15) is 0 Å². The van der Waals surface area contributed by atoms with Gasteiger partial charge >= 0.3 is 0 Å². The number of nitrogens with one attached hydrogen (secondary N) is 1. The Morgan fingerprint density at radius 1 is 1.00 bits per heavy atom. The first-order valence-electron chi connectivity index (χ1n) is 8.25. The smallest absolute Gasteiger partial charge is 0.0591 e. The van der Waals surface area contributed by atoms with Crippen LogP contribution in [0.1, 0.15) is 29.5 Å². The molecule has 1 fully saturated rings. The van der Waals surface area contributed by atoms with Gasteiger partial charge in [-0.15, -0.1) is 0 Å². The summed E-state index contributed by atoms with van der Waals surface area (Å²) in [6, 6.07) is 12.2. The zero-order valence-corrected chi connectivity index (χ0v) is 12.5. The van der Waals surface area contributed by atoms with Crippen molar-refractivity contribution in [3.8, 4) is 0 Å². The van der Waals surface area contributed by atoms with E-state index in [0.29, 0.717) is 0 Å². The Morgan fingerprint density at radius 2 is 1.86 bits per heavy atom. The molecule has 2 aromatic carbocycles. The lowest BCUT2D eigenvalue weighted by molar-refractivity contribution is 0.139. The molecule has 2 aromatic rings. The van der Waals surface area contributed by atoms with Gasteiger partial charge in [0.05, 0.1) is 13.2 Å². The van der Waals surface area contributed by atoms with Crippen LogP contribution < -0.4 is 5.32 Å². The van der Waals surface area contributed by atoms with Gasteiger partial charge in [-0.25, -0.2) is 0 Å². The van der Waals surface area contributed by atoms with Gasteiger partial charge in [0.25, 0.3) is 0 Å². The van der Waals surface area contributed by atoms with Crippen molar-refractivity contribution in [1.29, 1.82) is 0 Å². The molecular weight excluding hydrogens is 258 g/mol. The Labute approximate surface area is 126 Å². The van der Waals surface area contributed by atoms with E-state index in [9.17, 15) is 0 Å². The minimum Gasteiger partial charge on any atom is -0.380 e. The standard InChI is InChI=1S/C19H23NO/c1-2-15-6-7-16-5-4-14(18(3-1)19(15)16)10-12-21-13-11-20-17-8-9-17/h1-5,17,20H,6-13H2. The maximum Gasteiger partial charge on any atom is 0.0591 e. The van der Waals surface area contributed by atoms with Crippen molar-refractivity contribution in [2.45, 2.75) is 38.1 Å². The molecule has 2 aliphatic carbocycles. The summed E-state index contributed by atoms with van der Waals surface area (Å²) in [5, 5.41) is 6.45. The maximum atomic E-state index is 5.78. The van der Waals surface area contributed by atoms with Gasteiger partial charge in [-0.3, -0.25) is 0 Å². The van der Waals surface area contributed by atoms with E-state index in [-0.39, 0.29) is 0 Å². The van der Waals surface area contributed by atoms with Gasteiger partial charge in [0.2, 0.25) is 0 Å². The number of aryl methyl sites for hydroxylation is 2. The third-order valence-corrected chi connectivity index (χ3v) is 4.74. The van der Waals surface area contributed by atoms with E-state index in [4.69, 9.17) is 4.74 Å². The van der Waals surface area contributed by atoms with Gasteiger partial charge in [0.1, 0.15) is 0 Å². The lowest BCUT2D eigenvalue weighted by Crippen LogP contribution is -2.22. The van der Waals surface area contributed by atoms with E-state index in [1.165, 1.54) is 53.1 Å². The molecule has 0 unspecified atom stereocenters. The van der Waals surface area contributed by atoms with Gasteiger partial charge < -0.3 is 10.1 Å². The molecule has 0 aliphatic heterocycles. The van der Waals surface area contributed by atoms with E-state index in [0.717, 1.165) is 32.2 Å². The molecule has 2 aliphatic rings. The fourth-order valence-electron chi connectivity index (χ4n) is 3.43. The summed E-state index contributed by atoms with van der Waals surface area (Å²) in [6.45, 7) is 2.65. The van der Waals surface area contributed by atoms with Gasteiger partial charge in [0, 0.05) is 12.6 Å². The van der Waals surface area contributed by atoms with Crippen LogP contribution in [0.2, 0.25) is 0 Å². The Kier molecular flexibility index (Phi) is 3.66. The molecule has 0 amide bonds. The molecule has 0 atom stereocenters. The van der Waals surface area contributed by atoms with Gasteiger partial charge in [-0.05, 0) is 59.6 Å². The lowest BCUT2D eigenvalue weighted by Gasteiger charge is -2.10. The summed E-state index contributed by atoms with van der Waals surface area (Å²) >= 11 is 0. The molecular formula is C19H23NO. The Morgan fingerprint density at radius 3 is 2.71 bits per heavy atom. The van der Waals surface area contributed by atoms with Crippen molar-refractivity contribution in [2.75, 3.05) is 19.8 Å². The average molecular weight is 281 g/mol. The van der Waals surface area contributed by atoms with Crippen LogP contribution in [-0.4, -0.2) is 25.8 Å². The minimum absolute atomic E-state index is 0.783. The molecule has 1 saturated carbocycles. The van der Waals surface area contributed by atoms with Gasteiger partial charge in [-0.1, -0.05) is 30.3 Å². The molecule has 1 N–H and O–H groups in total. The summed E-state index contributed by atoms with van der Waals surface area (Å²) < 4.78 is 5.78. The SMILES string of the molecule is c1cc2c3c(ccc(CCOCCNC4CC4)c3c1)CC2. The quantitative estimate of drug-likeness (QED) is 0.787. The molecule has 0 heterocycles. The summed E-state index contributed by atoms with van der Waals surface area (Å²) in [5.41, 5.74) is 4.49. The second-order valence-electron chi connectivity index (χ2n) is 6.31. The second kappa shape index (κ2) is 5.78. The third-order valence-electron chi connectivity index (χ3n) is 4.74. The van der Waals surface area contributed by atoms with Crippen molar-refractivity contribution >= 4 is 10.8 Å². The highest BCUT2D eigenvalue weighted by Gasteiger charge is 2.19. The molecule has 4 rings (SSSR count). The van der Waals surface area contributed by atoms with Crippen LogP contribution in [0, 0.1) is 0 Å². The molecule has 0 aromatic heterocycles. The van der Waals surface area contributed by atoms with E-state index in [1.807, 2.05) is 0 Å². The Balaban J connectivity index is 1.38. The monoisotopic (exact) mass is 281 g/mol. The van der Waals surface area contributed by atoms with E-state index < -0.39 is 0 Å². The zero-order valence-electron chi connectivity index (χ0n) is 12.5. The summed E-state index contributed by atoms with van der Waals surface area (Å²) in [7, 11) is 0. The van der Waals surface area contributed by atoms with Crippen LogP contribution in [0.5, 0.6) is 0 Å². The molecule has 0 bridgehead atoms. The van der Waals surface area contributed by atoms with Crippen molar-refractivity contribution in [3.63, 3.8) is 0 Å². The summed E-state index contributed by atoms with van der Waals surface area (Å²) in [6.07, 6.45) is 6.13. The minimum atomic E-state index is 0.783. The number of benzene rings is 2. The molecule has 2 nitrogen and oxygen atoms in total. The third kappa shape index (κ3) is 2.83. The van der Waals surface area contributed by atoms with Crippen LogP contribution in [0.15, 0.2) is 30.3 Å². The van der Waals surface area contributed by atoms with Crippen molar-refractivity contribution in [1.82, 2.24) is 5.32 Å². The molecule has 21 heavy (non-hydrogen) atoms. The fraction of sp³-hybridized carbons (Fsp3) is 0.474. The maximum absolute atomic E-state index is 5.78. The molecule has 2 heteroatoms. The largest absolute Gasteiger partial charge is 0.380 e. The van der Waals surface area contributed by atoms with Crippen LogP contribution in [0.3, 0.4) is 0 Å². The lowest BCUT2D eigenvalue weighted by atomic mass is 9.98. The highest BCUT2D eigenvalue weighted by Crippen LogP contribution is 2.32. The Bertz CT molecular complexity index is 635. The highest BCUT2D eigenvalue weighted by atomic mass is 16.5. The average Bonchev–Trinajstić information content (AvgIpc) is 3.25. The van der Waals surface area contributed by atoms with E-state index >= 15 is 0 Å². The van der Waals surface area contributed by atoms with E-state index in [2.05, 4.69) is 35.6 Å². The number of ether oxygens (including phenoxy) is 1. The van der Waals surface area contributed by atoms with Crippen LogP contribution in [-0.2, 0) is 24.0 Å². The van der Waals surface area contributed by atoms with Crippen LogP contribution >= 0.6 is 0 Å². The van der Waals surface area contributed by atoms with Crippen molar-refractivity contribution in [2.24, 2.45) is 0 Å². The first-order chi connectivity index (χ1) is 10.4. The fourth-order valence-corrected chi connectivity index (χ4v) is 3.43. The zero-order chi connectivity index (χ0) is 14.1. The summed E-state index contributed by atoms with van der Waals surface area (Å²) in [4.78, 5) is 0. The van der Waals surface area contributed by atoms with Crippen molar-refractivity contribution < 1.29 is 4.74 Å². The van der Waals surface area contributed by atoms with E-state index in [1.54, 1.807) is 0 Å². The number of hydrogen-bond donors (Lipinski definition) is 1. The first kappa shape index (κ1) is 13.3. The summed E-state index contributed by atoms with van der Waals surface area (Å²) in [5.74, 6) is 0. The molecule has 0 radical (unpaired) electrons. The first-order valence-corrected chi connectivity index (χ1v) is 8.25. The van der Waals surface area contributed by atoms with Crippen molar-refractivity contribution in [3.05, 3.63) is 47.0 Å². The Hall–Kier alpha value is -1.38. The topological polar surface area (TPSA) is 21.3 Å². The van der Waals surface area contributed by atoms with Crippen LogP contribution in [0.25, 0.3) is 10.8 Å². The predicted molar refractivity (Wildman–Crippen MR) is 86.9 cm³/mol. The number of rotatable bonds is 7.